The van der Waals surface area contributed by atoms with E-state index in [9.17, 15) is 9.90 Å². The van der Waals surface area contributed by atoms with Gasteiger partial charge in [0.1, 0.15) is 29.6 Å². The van der Waals surface area contributed by atoms with E-state index in [2.05, 4.69) is 4.90 Å². The third-order valence-electron chi connectivity index (χ3n) is 5.16. The predicted octanol–water partition coefficient (Wildman–Crippen LogP) is 3.10. The van der Waals surface area contributed by atoms with Gasteiger partial charge in [-0.15, -0.1) is 0 Å². The SMILES string of the molecule is CCOC(=O)N1CCN(C[C@H](O)COc2ccc3oc4ccccc4c3c2)CC1. The summed E-state index contributed by atoms with van der Waals surface area (Å²) in [5.74, 6) is 0.704. The Kier molecular flexibility index (Phi) is 5.87. The number of hydrogen-bond acceptors (Lipinski definition) is 6. The van der Waals surface area contributed by atoms with Gasteiger partial charge >= 0.3 is 6.09 Å². The van der Waals surface area contributed by atoms with Crippen molar-refractivity contribution in [2.75, 3.05) is 45.9 Å². The molecular weight excluding hydrogens is 372 g/mol. The van der Waals surface area contributed by atoms with E-state index in [1.54, 1.807) is 11.8 Å². The first-order valence-electron chi connectivity index (χ1n) is 10.00. The average molecular weight is 398 g/mol. The number of ether oxygens (including phenoxy) is 2. The second-order valence-corrected chi connectivity index (χ2v) is 7.21. The number of amides is 1. The molecular formula is C22H26N2O5. The first-order chi connectivity index (χ1) is 14.1. The number of piperazine rings is 1. The summed E-state index contributed by atoms with van der Waals surface area (Å²) in [4.78, 5) is 15.6. The monoisotopic (exact) mass is 398 g/mol. The number of nitrogens with zero attached hydrogens (tertiary/aromatic N) is 2. The van der Waals surface area contributed by atoms with Crippen LogP contribution in [-0.4, -0.2) is 73.0 Å². The summed E-state index contributed by atoms with van der Waals surface area (Å²) in [7, 11) is 0. The Morgan fingerprint density at radius 2 is 1.86 bits per heavy atom. The van der Waals surface area contributed by atoms with Crippen molar-refractivity contribution < 1.29 is 23.8 Å². The number of hydrogen-bond donors (Lipinski definition) is 1. The quantitative estimate of drug-likeness (QED) is 0.688. The molecule has 4 rings (SSSR count). The zero-order chi connectivity index (χ0) is 20.2. The van der Waals surface area contributed by atoms with Gasteiger partial charge in [0, 0.05) is 43.5 Å². The van der Waals surface area contributed by atoms with E-state index in [1.165, 1.54) is 0 Å². The highest BCUT2D eigenvalue weighted by Crippen LogP contribution is 2.31. The van der Waals surface area contributed by atoms with Gasteiger partial charge in [-0.2, -0.15) is 0 Å². The van der Waals surface area contributed by atoms with Crippen molar-refractivity contribution in [1.29, 1.82) is 0 Å². The molecule has 29 heavy (non-hydrogen) atoms. The maximum atomic E-state index is 11.8. The van der Waals surface area contributed by atoms with E-state index in [-0.39, 0.29) is 12.7 Å². The average Bonchev–Trinajstić information content (AvgIpc) is 3.11. The van der Waals surface area contributed by atoms with Crippen molar-refractivity contribution in [3.05, 3.63) is 42.5 Å². The van der Waals surface area contributed by atoms with Crippen LogP contribution in [0.1, 0.15) is 6.92 Å². The van der Waals surface area contributed by atoms with Gasteiger partial charge in [0.15, 0.2) is 0 Å². The maximum absolute atomic E-state index is 11.8. The molecule has 2 heterocycles. The Morgan fingerprint density at radius 1 is 1.10 bits per heavy atom. The number of carbonyl (C=O) groups excluding carboxylic acids is 1. The van der Waals surface area contributed by atoms with Gasteiger partial charge in [-0.3, -0.25) is 4.90 Å². The van der Waals surface area contributed by atoms with Crippen LogP contribution >= 0.6 is 0 Å². The molecule has 1 N–H and O–H groups in total. The minimum Gasteiger partial charge on any atom is -0.491 e. The molecule has 0 radical (unpaired) electrons. The van der Waals surface area contributed by atoms with Crippen LogP contribution < -0.4 is 4.74 Å². The summed E-state index contributed by atoms with van der Waals surface area (Å²) >= 11 is 0. The lowest BCUT2D eigenvalue weighted by atomic mass is 10.1. The van der Waals surface area contributed by atoms with Crippen LogP contribution in [0.3, 0.4) is 0 Å². The summed E-state index contributed by atoms with van der Waals surface area (Å²) in [5, 5.41) is 12.4. The summed E-state index contributed by atoms with van der Waals surface area (Å²) in [6.07, 6.45) is -0.876. The molecule has 1 aliphatic heterocycles. The summed E-state index contributed by atoms with van der Waals surface area (Å²) in [5.41, 5.74) is 1.67. The predicted molar refractivity (Wildman–Crippen MR) is 110 cm³/mol. The van der Waals surface area contributed by atoms with Crippen molar-refractivity contribution in [1.82, 2.24) is 9.80 Å². The van der Waals surface area contributed by atoms with Crippen molar-refractivity contribution in [2.24, 2.45) is 0 Å². The fourth-order valence-corrected chi connectivity index (χ4v) is 3.67. The molecule has 0 unspecified atom stereocenters. The third-order valence-corrected chi connectivity index (χ3v) is 5.16. The molecule has 0 bridgehead atoms. The van der Waals surface area contributed by atoms with Gasteiger partial charge < -0.3 is 23.9 Å². The summed E-state index contributed by atoms with van der Waals surface area (Å²) in [6, 6.07) is 13.6. The highest BCUT2D eigenvalue weighted by molar-refractivity contribution is 6.05. The largest absolute Gasteiger partial charge is 0.491 e. The van der Waals surface area contributed by atoms with Crippen LogP contribution in [0.2, 0.25) is 0 Å². The molecule has 1 saturated heterocycles. The topological polar surface area (TPSA) is 75.4 Å². The van der Waals surface area contributed by atoms with Crippen LogP contribution in [0.25, 0.3) is 21.9 Å². The highest BCUT2D eigenvalue weighted by atomic mass is 16.6. The van der Waals surface area contributed by atoms with Gasteiger partial charge in [-0.25, -0.2) is 4.79 Å². The van der Waals surface area contributed by atoms with Crippen molar-refractivity contribution in [2.45, 2.75) is 13.0 Å². The molecule has 154 valence electrons. The van der Waals surface area contributed by atoms with E-state index in [1.807, 2.05) is 42.5 Å². The molecule has 7 heteroatoms. The van der Waals surface area contributed by atoms with Crippen LogP contribution in [0.4, 0.5) is 4.79 Å². The maximum Gasteiger partial charge on any atom is 0.409 e. The van der Waals surface area contributed by atoms with Crippen molar-refractivity contribution in [3.8, 4) is 5.75 Å². The number of furan rings is 1. The molecule has 3 aromatic rings. The van der Waals surface area contributed by atoms with Crippen molar-refractivity contribution >= 4 is 28.0 Å². The van der Waals surface area contributed by atoms with Crippen LogP contribution in [-0.2, 0) is 4.74 Å². The number of β-amino-alcohol motifs (C(OH)–C–C–N with tert-alkyl or cyclic N) is 1. The first-order valence-corrected chi connectivity index (χ1v) is 10.00. The van der Waals surface area contributed by atoms with Gasteiger partial charge in [0.05, 0.1) is 6.61 Å². The van der Waals surface area contributed by atoms with Gasteiger partial charge in [-0.1, -0.05) is 18.2 Å². The molecule has 0 aliphatic carbocycles. The highest BCUT2D eigenvalue weighted by Gasteiger charge is 2.23. The number of rotatable bonds is 6. The molecule has 2 aromatic carbocycles. The Bertz CT molecular complexity index is 978. The Balaban J connectivity index is 1.29. The third kappa shape index (κ3) is 4.46. The fourth-order valence-electron chi connectivity index (χ4n) is 3.67. The van der Waals surface area contributed by atoms with E-state index in [0.717, 1.165) is 21.9 Å². The number of aliphatic hydroxyl groups excluding tert-OH is 1. The zero-order valence-electron chi connectivity index (χ0n) is 16.5. The normalized spacial score (nSPS) is 16.3. The Hall–Kier alpha value is -2.77. The number of benzene rings is 2. The van der Waals surface area contributed by atoms with Gasteiger partial charge in [0.2, 0.25) is 0 Å². The van der Waals surface area contributed by atoms with E-state index >= 15 is 0 Å². The Morgan fingerprint density at radius 3 is 2.66 bits per heavy atom. The van der Waals surface area contributed by atoms with Crippen LogP contribution in [0.5, 0.6) is 5.75 Å². The number of aliphatic hydroxyl groups is 1. The number of carbonyl (C=O) groups is 1. The lowest BCUT2D eigenvalue weighted by Gasteiger charge is -2.34. The second kappa shape index (κ2) is 8.71. The second-order valence-electron chi connectivity index (χ2n) is 7.21. The van der Waals surface area contributed by atoms with Crippen LogP contribution in [0, 0.1) is 0 Å². The summed E-state index contributed by atoms with van der Waals surface area (Å²) in [6.45, 7) is 5.54. The number of fused-ring (bicyclic) bond motifs is 3. The van der Waals surface area contributed by atoms with E-state index in [0.29, 0.717) is 45.1 Å². The zero-order valence-corrected chi connectivity index (χ0v) is 16.5. The minimum atomic E-state index is -0.610. The number of para-hydroxylation sites is 1. The molecule has 0 saturated carbocycles. The first kappa shape index (κ1) is 19.5. The molecule has 0 spiro atoms. The molecule has 1 amide bonds. The van der Waals surface area contributed by atoms with Gasteiger partial charge in [-0.05, 0) is 31.2 Å². The van der Waals surface area contributed by atoms with E-state index < -0.39 is 6.10 Å². The Labute approximate surface area is 169 Å². The minimum absolute atomic E-state index is 0.208. The molecule has 7 nitrogen and oxygen atoms in total. The van der Waals surface area contributed by atoms with Gasteiger partial charge in [0.25, 0.3) is 0 Å². The molecule has 1 atom stereocenters. The standard InChI is InChI=1S/C22H26N2O5/c1-2-27-22(26)24-11-9-23(10-12-24)14-16(25)15-28-17-7-8-21-19(13-17)18-5-3-4-6-20(18)29-21/h3-8,13,16,25H,2,9-12,14-15H2,1H3/t16-/m0/s1. The van der Waals surface area contributed by atoms with Crippen molar-refractivity contribution in [3.63, 3.8) is 0 Å². The fraction of sp³-hybridized carbons (Fsp3) is 0.409. The van der Waals surface area contributed by atoms with E-state index in [4.69, 9.17) is 13.9 Å². The summed E-state index contributed by atoms with van der Waals surface area (Å²) < 4.78 is 16.7. The lowest BCUT2D eigenvalue weighted by molar-refractivity contribution is 0.0408. The molecule has 1 fully saturated rings. The molecule has 1 aliphatic rings. The smallest absolute Gasteiger partial charge is 0.409 e. The van der Waals surface area contributed by atoms with Crippen LogP contribution in [0.15, 0.2) is 46.9 Å². The lowest BCUT2D eigenvalue weighted by Crippen LogP contribution is -2.51. The molecule has 1 aromatic heterocycles.